The smallest absolute Gasteiger partial charge is 0.0849 e. The van der Waals surface area contributed by atoms with E-state index in [4.69, 9.17) is 0 Å². The Balaban J connectivity index is 0.00000102. The third kappa shape index (κ3) is 6.33. The van der Waals surface area contributed by atoms with Crippen LogP contribution in [0.1, 0.15) is 72.7 Å². The van der Waals surface area contributed by atoms with Gasteiger partial charge in [-0.15, -0.1) is 0 Å². The van der Waals surface area contributed by atoms with Crippen LogP contribution in [0.15, 0.2) is 40.5 Å². The highest BCUT2D eigenvalue weighted by atomic mass is 14.9. The number of allylic oxidation sites excluding steroid dienone is 1. The summed E-state index contributed by atoms with van der Waals surface area (Å²) in [4.78, 5) is 13.6. The maximum Gasteiger partial charge on any atom is 0.0849 e. The maximum absolute atomic E-state index is 4.65. The molecule has 22 heavy (non-hydrogen) atoms. The highest BCUT2D eigenvalue weighted by Crippen LogP contribution is 2.17. The average Bonchev–Trinajstić information content (AvgIpc) is 3.03. The first kappa shape index (κ1) is 20.2. The van der Waals surface area contributed by atoms with Crippen LogP contribution in [-0.2, 0) is 0 Å². The summed E-state index contributed by atoms with van der Waals surface area (Å²) in [5.41, 5.74) is 3.98. The van der Waals surface area contributed by atoms with Gasteiger partial charge in [0.25, 0.3) is 0 Å². The van der Waals surface area contributed by atoms with E-state index in [0.717, 1.165) is 35.7 Å². The van der Waals surface area contributed by atoms with Crippen molar-refractivity contribution in [2.45, 2.75) is 67.3 Å². The SMILES string of the molecule is C/C=C\N=C(C)c1cccc(C2=NC(C)CC2)n1.CC.CC. The monoisotopic (exact) mass is 301 g/mol. The average molecular weight is 301 g/mol. The zero-order chi connectivity index (χ0) is 17.0. The fraction of sp³-hybridized carbons (Fsp3) is 0.526. The maximum atomic E-state index is 4.65. The second-order valence-electron chi connectivity index (χ2n) is 4.57. The molecule has 0 aliphatic carbocycles. The molecule has 0 saturated carbocycles. The summed E-state index contributed by atoms with van der Waals surface area (Å²) in [6.07, 6.45) is 5.87. The van der Waals surface area contributed by atoms with Crippen molar-refractivity contribution < 1.29 is 0 Å². The predicted molar refractivity (Wildman–Crippen MR) is 99.2 cm³/mol. The molecule has 1 aromatic heterocycles. The highest BCUT2D eigenvalue weighted by Gasteiger charge is 2.16. The topological polar surface area (TPSA) is 37.6 Å². The first-order valence-electron chi connectivity index (χ1n) is 8.40. The van der Waals surface area contributed by atoms with Gasteiger partial charge < -0.3 is 0 Å². The fourth-order valence-electron chi connectivity index (χ4n) is 1.98. The van der Waals surface area contributed by atoms with Gasteiger partial charge in [-0.1, -0.05) is 39.8 Å². The number of pyridine rings is 1. The van der Waals surface area contributed by atoms with Crippen molar-refractivity contribution in [3.05, 3.63) is 41.9 Å². The van der Waals surface area contributed by atoms with Crippen LogP contribution in [0, 0.1) is 0 Å². The molecule has 1 aliphatic rings. The van der Waals surface area contributed by atoms with Gasteiger partial charge in [-0.05, 0) is 45.7 Å². The lowest BCUT2D eigenvalue weighted by Gasteiger charge is -2.03. The number of hydrogen-bond donors (Lipinski definition) is 0. The molecule has 0 bridgehead atoms. The molecule has 1 aliphatic heterocycles. The fourth-order valence-corrected chi connectivity index (χ4v) is 1.98. The number of aliphatic imine (C=N–C) groups is 2. The van der Waals surface area contributed by atoms with Crippen molar-refractivity contribution in [3.63, 3.8) is 0 Å². The third-order valence-corrected chi connectivity index (χ3v) is 3.01. The largest absolute Gasteiger partial charge is 0.284 e. The second-order valence-corrected chi connectivity index (χ2v) is 4.57. The summed E-state index contributed by atoms with van der Waals surface area (Å²) in [7, 11) is 0. The molecule has 2 rings (SSSR count). The standard InChI is InChI=1S/C15H19N3.2C2H6/c1-4-10-16-12(3)13-6-5-7-14(18-13)15-9-8-11(2)17-15;2*1-2/h4-7,10-11H,8-9H2,1-3H3;2*1-2H3/b10-4-,16-12?;;. The molecule has 2 heterocycles. The Kier molecular flexibility index (Phi) is 10.9. The van der Waals surface area contributed by atoms with Crippen molar-refractivity contribution in [2.24, 2.45) is 9.98 Å². The number of aromatic nitrogens is 1. The molecule has 0 radical (unpaired) electrons. The van der Waals surface area contributed by atoms with Crippen molar-refractivity contribution in [2.75, 3.05) is 0 Å². The van der Waals surface area contributed by atoms with Crippen LogP contribution < -0.4 is 0 Å². The van der Waals surface area contributed by atoms with Crippen molar-refractivity contribution in [1.82, 2.24) is 4.98 Å². The Morgan fingerprint density at radius 1 is 1.23 bits per heavy atom. The zero-order valence-corrected chi connectivity index (χ0v) is 15.2. The Bertz CT molecular complexity index is 513. The van der Waals surface area contributed by atoms with Gasteiger partial charge in [-0.25, -0.2) is 4.98 Å². The summed E-state index contributed by atoms with van der Waals surface area (Å²) in [5.74, 6) is 0. The Morgan fingerprint density at radius 2 is 1.91 bits per heavy atom. The second kappa shape index (κ2) is 11.8. The van der Waals surface area contributed by atoms with Crippen molar-refractivity contribution in [3.8, 4) is 0 Å². The van der Waals surface area contributed by atoms with E-state index in [0.29, 0.717) is 6.04 Å². The Hall–Kier alpha value is -1.77. The van der Waals surface area contributed by atoms with E-state index in [2.05, 4.69) is 21.9 Å². The van der Waals surface area contributed by atoms with Gasteiger partial charge in [-0.2, -0.15) is 0 Å². The summed E-state index contributed by atoms with van der Waals surface area (Å²) >= 11 is 0. The minimum Gasteiger partial charge on any atom is -0.284 e. The van der Waals surface area contributed by atoms with Crippen LogP contribution in [0.4, 0.5) is 0 Å². The van der Waals surface area contributed by atoms with E-state index < -0.39 is 0 Å². The number of nitrogens with zero attached hydrogens (tertiary/aromatic N) is 3. The van der Waals surface area contributed by atoms with Crippen molar-refractivity contribution in [1.29, 1.82) is 0 Å². The first-order valence-corrected chi connectivity index (χ1v) is 8.40. The number of hydrogen-bond acceptors (Lipinski definition) is 3. The minimum absolute atomic E-state index is 0.434. The molecule has 0 fully saturated rings. The van der Waals surface area contributed by atoms with E-state index in [1.54, 1.807) is 6.20 Å². The molecule has 1 atom stereocenters. The molecular formula is C19H31N3. The lowest BCUT2D eigenvalue weighted by Crippen LogP contribution is -2.05. The van der Waals surface area contributed by atoms with Crippen LogP contribution in [0.25, 0.3) is 0 Å². The lowest BCUT2D eigenvalue weighted by atomic mass is 10.1. The zero-order valence-electron chi connectivity index (χ0n) is 15.2. The Labute approximate surface area is 136 Å². The van der Waals surface area contributed by atoms with E-state index in [9.17, 15) is 0 Å². The molecule has 0 aromatic carbocycles. The molecule has 0 saturated heterocycles. The van der Waals surface area contributed by atoms with Crippen LogP contribution in [0.2, 0.25) is 0 Å². The number of rotatable bonds is 3. The molecule has 0 spiro atoms. The Morgan fingerprint density at radius 3 is 2.45 bits per heavy atom. The molecule has 1 aromatic rings. The summed E-state index contributed by atoms with van der Waals surface area (Å²) < 4.78 is 0. The van der Waals surface area contributed by atoms with E-state index >= 15 is 0 Å². The normalized spacial score (nSPS) is 17.3. The predicted octanol–water partition coefficient (Wildman–Crippen LogP) is 5.45. The van der Waals surface area contributed by atoms with Gasteiger partial charge >= 0.3 is 0 Å². The van der Waals surface area contributed by atoms with Crippen molar-refractivity contribution >= 4 is 11.4 Å². The third-order valence-electron chi connectivity index (χ3n) is 3.01. The summed E-state index contributed by atoms with van der Waals surface area (Å²) in [5, 5.41) is 0. The highest BCUT2D eigenvalue weighted by molar-refractivity contribution is 6.02. The summed E-state index contributed by atoms with van der Waals surface area (Å²) in [6.45, 7) is 14.1. The van der Waals surface area contributed by atoms with E-state index in [1.807, 2.05) is 65.8 Å². The van der Waals surface area contributed by atoms with Crippen LogP contribution in [0.5, 0.6) is 0 Å². The van der Waals surface area contributed by atoms with Gasteiger partial charge in [-0.3, -0.25) is 9.98 Å². The molecule has 0 N–H and O–H groups in total. The van der Waals surface area contributed by atoms with E-state index in [-0.39, 0.29) is 0 Å². The van der Waals surface area contributed by atoms with Gasteiger partial charge in [0, 0.05) is 12.2 Å². The van der Waals surface area contributed by atoms with Gasteiger partial charge in [0.05, 0.1) is 22.8 Å². The van der Waals surface area contributed by atoms with Gasteiger partial charge in [0.1, 0.15) is 0 Å². The van der Waals surface area contributed by atoms with Gasteiger partial charge in [0.2, 0.25) is 0 Å². The van der Waals surface area contributed by atoms with Gasteiger partial charge in [0.15, 0.2) is 0 Å². The summed E-state index contributed by atoms with van der Waals surface area (Å²) in [6, 6.07) is 6.48. The quantitative estimate of drug-likeness (QED) is 0.684. The molecule has 0 amide bonds. The molecular weight excluding hydrogens is 270 g/mol. The molecule has 1 unspecified atom stereocenters. The van der Waals surface area contributed by atoms with Crippen LogP contribution >= 0.6 is 0 Å². The minimum atomic E-state index is 0.434. The first-order chi connectivity index (χ1) is 10.7. The van der Waals surface area contributed by atoms with Crippen LogP contribution in [0.3, 0.4) is 0 Å². The van der Waals surface area contributed by atoms with Crippen LogP contribution in [-0.4, -0.2) is 22.4 Å². The molecule has 122 valence electrons. The molecule has 3 nitrogen and oxygen atoms in total. The molecule has 3 heteroatoms. The lowest BCUT2D eigenvalue weighted by molar-refractivity contribution is 0.739. The van der Waals surface area contributed by atoms with E-state index in [1.165, 1.54) is 0 Å².